The Morgan fingerprint density at radius 2 is 1.86 bits per heavy atom. The first-order valence-electron chi connectivity index (χ1n) is 8.65. The van der Waals surface area contributed by atoms with Gasteiger partial charge in [0.05, 0.1) is 10.8 Å². The highest BCUT2D eigenvalue weighted by Crippen LogP contribution is 2.24. The number of hydrogen-bond acceptors (Lipinski definition) is 5. The fourth-order valence-electron chi connectivity index (χ4n) is 2.91. The minimum absolute atomic E-state index is 0.0592. The Labute approximate surface area is 171 Å². The lowest BCUT2D eigenvalue weighted by atomic mass is 9.99. The van der Waals surface area contributed by atoms with Crippen LogP contribution in [0.15, 0.2) is 58.0 Å². The lowest BCUT2D eigenvalue weighted by Gasteiger charge is -2.31. The fourth-order valence-corrected chi connectivity index (χ4v) is 4.70. The number of amides is 2. The van der Waals surface area contributed by atoms with Gasteiger partial charge in [-0.3, -0.25) is 25.4 Å². The third-order valence-corrected chi connectivity index (χ3v) is 6.81. The van der Waals surface area contributed by atoms with Crippen molar-refractivity contribution in [2.45, 2.75) is 17.7 Å². The number of piperidine rings is 1. The highest BCUT2D eigenvalue weighted by Gasteiger charge is 2.33. The molecule has 1 aliphatic heterocycles. The molecule has 1 aromatic heterocycles. The first kappa shape index (κ1) is 20.4. The number of halogens is 1. The van der Waals surface area contributed by atoms with Crippen molar-refractivity contribution >= 4 is 37.8 Å². The molecule has 2 aromatic rings. The van der Waals surface area contributed by atoms with Crippen LogP contribution in [0.25, 0.3) is 0 Å². The second-order valence-corrected chi connectivity index (χ2v) is 9.17. The summed E-state index contributed by atoms with van der Waals surface area (Å²) >= 11 is 3.28. The lowest BCUT2D eigenvalue weighted by molar-refractivity contribution is -0.126. The van der Waals surface area contributed by atoms with Crippen molar-refractivity contribution in [1.82, 2.24) is 20.1 Å². The van der Waals surface area contributed by atoms with Crippen molar-refractivity contribution in [3.05, 3.63) is 58.8 Å². The molecular formula is C18H19BrN4O4S. The SMILES string of the molecule is O=C(NNC(=O)C1CCCN(S(=O)(=O)c2ccc(Br)cc2)C1)c1ccccn1. The second-order valence-electron chi connectivity index (χ2n) is 6.31. The molecule has 2 amide bonds. The van der Waals surface area contributed by atoms with E-state index in [2.05, 4.69) is 31.8 Å². The van der Waals surface area contributed by atoms with Crippen LogP contribution in [0.1, 0.15) is 23.3 Å². The van der Waals surface area contributed by atoms with E-state index in [4.69, 9.17) is 0 Å². The van der Waals surface area contributed by atoms with Gasteiger partial charge in [0.15, 0.2) is 0 Å². The number of hydrogen-bond donors (Lipinski definition) is 2. The van der Waals surface area contributed by atoms with Crippen molar-refractivity contribution in [2.75, 3.05) is 13.1 Å². The summed E-state index contributed by atoms with van der Waals surface area (Å²) in [6.07, 6.45) is 2.57. The normalized spacial score (nSPS) is 17.7. The molecule has 0 saturated carbocycles. The maximum absolute atomic E-state index is 12.8. The molecule has 10 heteroatoms. The number of carbonyl (C=O) groups is 2. The number of sulfonamides is 1. The van der Waals surface area contributed by atoms with Crippen LogP contribution in [0.2, 0.25) is 0 Å². The summed E-state index contributed by atoms with van der Waals surface area (Å²) in [5, 5.41) is 0. The number of hydrazine groups is 1. The van der Waals surface area contributed by atoms with Crippen molar-refractivity contribution in [3.63, 3.8) is 0 Å². The van der Waals surface area contributed by atoms with Gasteiger partial charge in [0.25, 0.3) is 5.91 Å². The topological polar surface area (TPSA) is 108 Å². The van der Waals surface area contributed by atoms with E-state index >= 15 is 0 Å². The van der Waals surface area contributed by atoms with Gasteiger partial charge >= 0.3 is 0 Å². The van der Waals surface area contributed by atoms with Gasteiger partial charge in [-0.25, -0.2) is 8.42 Å². The molecule has 3 rings (SSSR count). The Morgan fingerprint density at radius 1 is 1.11 bits per heavy atom. The van der Waals surface area contributed by atoms with Gasteiger partial charge < -0.3 is 0 Å². The third kappa shape index (κ3) is 4.75. The van der Waals surface area contributed by atoms with Crippen LogP contribution in [-0.2, 0) is 14.8 Å². The molecule has 2 N–H and O–H groups in total. The van der Waals surface area contributed by atoms with E-state index in [0.29, 0.717) is 19.4 Å². The molecule has 28 heavy (non-hydrogen) atoms. The van der Waals surface area contributed by atoms with Crippen LogP contribution < -0.4 is 10.9 Å². The van der Waals surface area contributed by atoms with Crippen LogP contribution >= 0.6 is 15.9 Å². The quantitative estimate of drug-likeness (QED) is 0.666. The number of nitrogens with one attached hydrogen (secondary N) is 2. The molecule has 1 aromatic carbocycles. The molecule has 1 fully saturated rings. The lowest BCUT2D eigenvalue weighted by Crippen LogP contribution is -2.50. The summed E-state index contributed by atoms with van der Waals surface area (Å²) < 4.78 is 27.7. The first-order valence-corrected chi connectivity index (χ1v) is 10.9. The molecule has 8 nitrogen and oxygen atoms in total. The summed E-state index contributed by atoms with van der Waals surface area (Å²) in [4.78, 5) is 28.5. The Morgan fingerprint density at radius 3 is 2.54 bits per heavy atom. The van der Waals surface area contributed by atoms with E-state index in [1.165, 1.54) is 28.7 Å². The first-order chi connectivity index (χ1) is 13.4. The van der Waals surface area contributed by atoms with Crippen LogP contribution in [-0.4, -0.2) is 42.6 Å². The van der Waals surface area contributed by atoms with Gasteiger partial charge in [0.2, 0.25) is 15.9 Å². The Kier molecular flexibility index (Phi) is 6.42. The number of benzene rings is 1. The standard InChI is InChI=1S/C18H19BrN4O4S/c19-14-6-8-15(9-7-14)28(26,27)23-11-3-4-13(12-23)17(24)21-22-18(25)16-5-1-2-10-20-16/h1-2,5-10,13H,3-4,11-12H2,(H,21,24)(H,22,25). The van der Waals surface area contributed by atoms with Crippen LogP contribution in [0, 0.1) is 5.92 Å². The van der Waals surface area contributed by atoms with Gasteiger partial charge in [0, 0.05) is 23.8 Å². The number of pyridine rings is 1. The maximum Gasteiger partial charge on any atom is 0.288 e. The van der Waals surface area contributed by atoms with Crippen molar-refractivity contribution < 1.29 is 18.0 Å². The summed E-state index contributed by atoms with van der Waals surface area (Å²) in [5.74, 6) is -1.52. The largest absolute Gasteiger partial charge is 0.288 e. The molecule has 1 saturated heterocycles. The van der Waals surface area contributed by atoms with Crippen LogP contribution in [0.3, 0.4) is 0 Å². The zero-order valence-electron chi connectivity index (χ0n) is 14.8. The minimum atomic E-state index is -3.68. The molecule has 1 aliphatic rings. The molecule has 0 radical (unpaired) electrons. The fraction of sp³-hybridized carbons (Fsp3) is 0.278. The third-order valence-electron chi connectivity index (χ3n) is 4.40. The van der Waals surface area contributed by atoms with Gasteiger partial charge in [0.1, 0.15) is 5.69 Å². The van der Waals surface area contributed by atoms with E-state index in [1.54, 1.807) is 24.3 Å². The van der Waals surface area contributed by atoms with Gasteiger partial charge in [-0.15, -0.1) is 0 Å². The molecule has 1 unspecified atom stereocenters. The summed E-state index contributed by atoms with van der Waals surface area (Å²) in [7, 11) is -3.68. The maximum atomic E-state index is 12.8. The smallest absolute Gasteiger partial charge is 0.273 e. The Hall–Kier alpha value is -2.30. The molecule has 0 spiro atoms. The molecule has 0 aliphatic carbocycles. The number of aromatic nitrogens is 1. The zero-order valence-corrected chi connectivity index (χ0v) is 17.2. The van der Waals surface area contributed by atoms with E-state index in [1.807, 2.05) is 0 Å². The van der Waals surface area contributed by atoms with Gasteiger partial charge in [-0.2, -0.15) is 4.31 Å². The van der Waals surface area contributed by atoms with Crippen molar-refractivity contribution in [1.29, 1.82) is 0 Å². The van der Waals surface area contributed by atoms with Crippen molar-refractivity contribution in [3.8, 4) is 0 Å². The summed E-state index contributed by atoms with van der Waals surface area (Å²) in [6.45, 7) is 0.409. The second kappa shape index (κ2) is 8.80. The minimum Gasteiger partial charge on any atom is -0.273 e. The van der Waals surface area contributed by atoms with Crippen LogP contribution in [0.4, 0.5) is 0 Å². The van der Waals surface area contributed by atoms with Crippen molar-refractivity contribution in [2.24, 2.45) is 5.92 Å². The molecular weight excluding hydrogens is 448 g/mol. The summed E-state index contributed by atoms with van der Waals surface area (Å²) in [6, 6.07) is 11.2. The Balaban J connectivity index is 1.61. The summed E-state index contributed by atoms with van der Waals surface area (Å²) in [5.41, 5.74) is 4.85. The average molecular weight is 467 g/mol. The number of nitrogens with zero attached hydrogens (tertiary/aromatic N) is 2. The highest BCUT2D eigenvalue weighted by atomic mass is 79.9. The van der Waals surface area contributed by atoms with Gasteiger partial charge in [-0.1, -0.05) is 22.0 Å². The molecule has 2 heterocycles. The zero-order chi connectivity index (χ0) is 20.1. The average Bonchev–Trinajstić information content (AvgIpc) is 2.72. The van der Waals surface area contributed by atoms with Crippen LogP contribution in [0.5, 0.6) is 0 Å². The molecule has 1 atom stereocenters. The van der Waals surface area contributed by atoms with E-state index in [0.717, 1.165) is 4.47 Å². The highest BCUT2D eigenvalue weighted by molar-refractivity contribution is 9.10. The van der Waals surface area contributed by atoms with Gasteiger partial charge in [-0.05, 0) is 49.2 Å². The number of carbonyl (C=O) groups excluding carboxylic acids is 2. The van der Waals surface area contributed by atoms with E-state index < -0.39 is 27.8 Å². The number of rotatable bonds is 4. The van der Waals surface area contributed by atoms with E-state index in [-0.39, 0.29) is 17.1 Å². The predicted octanol–water partition coefficient (Wildman–Crippen LogP) is 1.71. The monoisotopic (exact) mass is 466 g/mol. The predicted molar refractivity (Wildman–Crippen MR) is 105 cm³/mol. The molecule has 0 bridgehead atoms. The Bertz CT molecular complexity index is 951. The molecule has 148 valence electrons. The van der Waals surface area contributed by atoms with E-state index in [9.17, 15) is 18.0 Å².